The molecule has 2 aromatic rings. The zero-order chi connectivity index (χ0) is 18.1. The number of carbonyl (C=O) groups is 2. The highest BCUT2D eigenvalue weighted by atomic mass is 16.2. The van der Waals surface area contributed by atoms with Gasteiger partial charge in [0.25, 0.3) is 0 Å². The highest BCUT2D eigenvalue weighted by molar-refractivity contribution is 6.07. The number of nitriles is 1. The lowest BCUT2D eigenvalue weighted by molar-refractivity contribution is -0.119. The van der Waals surface area contributed by atoms with Crippen molar-refractivity contribution in [3.8, 4) is 6.07 Å². The molecule has 0 saturated carbocycles. The summed E-state index contributed by atoms with van der Waals surface area (Å²) in [6.45, 7) is 0. The predicted molar refractivity (Wildman–Crippen MR) is 98.3 cm³/mol. The van der Waals surface area contributed by atoms with Crippen LogP contribution in [0.5, 0.6) is 0 Å². The molecule has 2 aromatic carbocycles. The maximum absolute atomic E-state index is 13.0. The zero-order valence-corrected chi connectivity index (χ0v) is 14.3. The number of carbonyl (C=O) groups excluding carboxylic acids is 2. The summed E-state index contributed by atoms with van der Waals surface area (Å²) in [5.74, 6) is -0.0237. The van der Waals surface area contributed by atoms with Crippen LogP contribution < -0.4 is 4.90 Å². The highest BCUT2D eigenvalue weighted by Crippen LogP contribution is 2.43. The lowest BCUT2D eigenvalue weighted by Crippen LogP contribution is -2.40. The van der Waals surface area contributed by atoms with E-state index in [-0.39, 0.29) is 24.0 Å². The first-order valence-electron chi connectivity index (χ1n) is 8.83. The fraction of sp³-hybridized carbons (Fsp3) is 0.227. The third-order valence-electron chi connectivity index (χ3n) is 5.13. The second-order valence-electron chi connectivity index (χ2n) is 6.69. The molecule has 0 aromatic heterocycles. The SMILES string of the molecule is N#Cc1ccc(N2C(=O)CC(c3ccccc3)C3=C2CCCC3=O)cc1. The highest BCUT2D eigenvalue weighted by Gasteiger charge is 2.39. The molecule has 1 atom stereocenters. The molecule has 1 heterocycles. The summed E-state index contributed by atoms with van der Waals surface area (Å²) < 4.78 is 0. The van der Waals surface area contributed by atoms with Crippen LogP contribution in [0.2, 0.25) is 0 Å². The first-order valence-corrected chi connectivity index (χ1v) is 8.83. The molecule has 1 aliphatic heterocycles. The smallest absolute Gasteiger partial charge is 0.232 e. The van der Waals surface area contributed by atoms with E-state index in [0.717, 1.165) is 35.4 Å². The second kappa shape index (κ2) is 6.61. The Morgan fingerprint density at radius 1 is 0.962 bits per heavy atom. The molecule has 0 bridgehead atoms. The van der Waals surface area contributed by atoms with Gasteiger partial charge in [0.15, 0.2) is 5.78 Å². The molecule has 2 aliphatic rings. The van der Waals surface area contributed by atoms with E-state index in [1.165, 1.54) is 0 Å². The molecule has 0 fully saturated rings. The van der Waals surface area contributed by atoms with E-state index < -0.39 is 0 Å². The second-order valence-corrected chi connectivity index (χ2v) is 6.69. The summed E-state index contributed by atoms with van der Waals surface area (Å²) in [7, 11) is 0. The third-order valence-corrected chi connectivity index (χ3v) is 5.13. The van der Waals surface area contributed by atoms with Gasteiger partial charge in [0, 0.05) is 35.7 Å². The van der Waals surface area contributed by atoms with Crippen LogP contribution in [0.15, 0.2) is 65.9 Å². The van der Waals surface area contributed by atoms with Gasteiger partial charge < -0.3 is 0 Å². The van der Waals surface area contributed by atoms with Crippen LogP contribution in [0.25, 0.3) is 0 Å². The van der Waals surface area contributed by atoms with Crippen molar-refractivity contribution < 1.29 is 9.59 Å². The van der Waals surface area contributed by atoms with Gasteiger partial charge in [-0.3, -0.25) is 14.5 Å². The number of Topliss-reactive ketones (excluding diaryl/α,β-unsaturated/α-hetero) is 1. The fourth-order valence-corrected chi connectivity index (χ4v) is 3.95. The number of amides is 1. The number of benzene rings is 2. The van der Waals surface area contributed by atoms with Crippen LogP contribution in [0.4, 0.5) is 5.69 Å². The monoisotopic (exact) mass is 342 g/mol. The summed E-state index contributed by atoms with van der Waals surface area (Å²) in [5, 5.41) is 8.99. The molecule has 26 heavy (non-hydrogen) atoms. The molecular weight excluding hydrogens is 324 g/mol. The van der Waals surface area contributed by atoms with Crippen LogP contribution in [-0.4, -0.2) is 11.7 Å². The van der Waals surface area contributed by atoms with Gasteiger partial charge in [-0.2, -0.15) is 5.26 Å². The number of nitrogens with zero attached hydrogens (tertiary/aromatic N) is 2. The van der Waals surface area contributed by atoms with E-state index in [1.807, 2.05) is 30.3 Å². The van der Waals surface area contributed by atoms with Gasteiger partial charge in [0.05, 0.1) is 11.6 Å². The molecule has 1 aliphatic carbocycles. The van der Waals surface area contributed by atoms with Gasteiger partial charge in [-0.1, -0.05) is 30.3 Å². The Hall–Kier alpha value is -3.19. The van der Waals surface area contributed by atoms with Gasteiger partial charge in [-0.15, -0.1) is 0 Å². The van der Waals surface area contributed by atoms with E-state index in [9.17, 15) is 9.59 Å². The Bertz CT molecular complexity index is 936. The van der Waals surface area contributed by atoms with Crippen molar-refractivity contribution in [1.82, 2.24) is 0 Å². The van der Waals surface area contributed by atoms with Crippen molar-refractivity contribution in [2.24, 2.45) is 0 Å². The summed E-state index contributed by atoms with van der Waals surface area (Å²) >= 11 is 0. The van der Waals surface area contributed by atoms with Crippen molar-refractivity contribution >= 4 is 17.4 Å². The molecule has 4 nitrogen and oxygen atoms in total. The number of hydrogen-bond donors (Lipinski definition) is 0. The predicted octanol–water partition coefficient (Wildman–Crippen LogP) is 4.09. The third kappa shape index (κ3) is 2.72. The summed E-state index contributed by atoms with van der Waals surface area (Å²) in [5.41, 5.74) is 3.91. The van der Waals surface area contributed by atoms with Gasteiger partial charge in [-0.05, 0) is 42.7 Å². The first kappa shape index (κ1) is 16.3. The van der Waals surface area contributed by atoms with Gasteiger partial charge >= 0.3 is 0 Å². The fourth-order valence-electron chi connectivity index (χ4n) is 3.95. The van der Waals surface area contributed by atoms with E-state index >= 15 is 0 Å². The van der Waals surface area contributed by atoms with Crippen LogP contribution in [0.1, 0.15) is 42.7 Å². The normalized spacial score (nSPS) is 20.0. The minimum atomic E-state index is -0.166. The van der Waals surface area contributed by atoms with Crippen molar-refractivity contribution in [3.63, 3.8) is 0 Å². The van der Waals surface area contributed by atoms with Gasteiger partial charge in [0.2, 0.25) is 5.91 Å². The zero-order valence-electron chi connectivity index (χ0n) is 14.3. The Morgan fingerprint density at radius 2 is 1.69 bits per heavy atom. The van der Waals surface area contributed by atoms with Gasteiger partial charge in [0.1, 0.15) is 0 Å². The molecule has 1 unspecified atom stereocenters. The molecule has 0 radical (unpaired) electrons. The topological polar surface area (TPSA) is 61.2 Å². The molecular formula is C22H18N2O2. The minimum absolute atomic E-state index is 0.00277. The Kier molecular flexibility index (Phi) is 4.14. The number of ketones is 1. The Labute approximate surface area is 152 Å². The molecule has 0 N–H and O–H groups in total. The first-order chi connectivity index (χ1) is 12.7. The molecule has 4 rings (SSSR count). The minimum Gasteiger partial charge on any atom is -0.294 e. The lowest BCUT2D eigenvalue weighted by Gasteiger charge is -2.38. The van der Waals surface area contributed by atoms with Crippen molar-refractivity contribution in [3.05, 3.63) is 77.0 Å². The van der Waals surface area contributed by atoms with Crippen LogP contribution in [0.3, 0.4) is 0 Å². The molecule has 1 amide bonds. The van der Waals surface area contributed by atoms with Crippen LogP contribution in [-0.2, 0) is 9.59 Å². The summed E-state index contributed by atoms with van der Waals surface area (Å²) in [6.07, 6.45) is 2.31. The number of rotatable bonds is 2. The molecule has 128 valence electrons. The standard InChI is InChI=1S/C22H18N2O2/c23-14-15-9-11-17(12-10-15)24-19-7-4-8-20(25)22(19)18(13-21(24)26)16-5-2-1-3-6-16/h1-3,5-6,9-12,18H,4,7-8,13H2. The van der Waals surface area contributed by atoms with Gasteiger partial charge in [-0.25, -0.2) is 0 Å². The summed E-state index contributed by atoms with van der Waals surface area (Å²) in [6, 6.07) is 18.9. The quantitative estimate of drug-likeness (QED) is 0.826. The largest absolute Gasteiger partial charge is 0.294 e. The Balaban J connectivity index is 1.84. The number of anilines is 1. The lowest BCUT2D eigenvalue weighted by atomic mass is 9.77. The average molecular weight is 342 g/mol. The van der Waals surface area contributed by atoms with Crippen LogP contribution in [0, 0.1) is 11.3 Å². The van der Waals surface area contributed by atoms with E-state index in [2.05, 4.69) is 6.07 Å². The van der Waals surface area contributed by atoms with Crippen molar-refractivity contribution in [2.75, 3.05) is 4.90 Å². The average Bonchev–Trinajstić information content (AvgIpc) is 2.68. The van der Waals surface area contributed by atoms with Crippen molar-refractivity contribution in [1.29, 1.82) is 5.26 Å². The maximum atomic E-state index is 13.0. The number of allylic oxidation sites excluding steroid dienone is 2. The van der Waals surface area contributed by atoms with E-state index in [1.54, 1.807) is 29.2 Å². The number of hydrogen-bond acceptors (Lipinski definition) is 3. The Morgan fingerprint density at radius 3 is 2.38 bits per heavy atom. The van der Waals surface area contributed by atoms with E-state index in [4.69, 9.17) is 5.26 Å². The van der Waals surface area contributed by atoms with Crippen molar-refractivity contribution in [2.45, 2.75) is 31.6 Å². The van der Waals surface area contributed by atoms with E-state index in [0.29, 0.717) is 12.0 Å². The molecule has 0 spiro atoms. The van der Waals surface area contributed by atoms with Crippen LogP contribution >= 0.6 is 0 Å². The molecule has 0 saturated heterocycles. The molecule has 4 heteroatoms. The maximum Gasteiger partial charge on any atom is 0.232 e. The summed E-state index contributed by atoms with van der Waals surface area (Å²) in [4.78, 5) is 27.5.